The minimum Gasteiger partial charge on any atom is -0.466 e. The number of carbonyl (C=O) groups is 3. The van der Waals surface area contributed by atoms with E-state index >= 15 is 0 Å². The number of ether oxygens (including phenoxy) is 1. The number of piperazine rings is 1. The molecule has 6 nitrogen and oxygen atoms in total. The number of allylic oxidation sites excluding steroid dienone is 2. The minimum atomic E-state index is -0.573. The van der Waals surface area contributed by atoms with Gasteiger partial charge >= 0.3 is 5.97 Å². The van der Waals surface area contributed by atoms with Crippen molar-refractivity contribution in [2.24, 2.45) is 0 Å². The zero-order chi connectivity index (χ0) is 19.8. The van der Waals surface area contributed by atoms with Gasteiger partial charge in [0.15, 0.2) is 5.78 Å². The molecular weight excluding hydrogens is 356 g/mol. The molecule has 0 bridgehead atoms. The fourth-order valence-electron chi connectivity index (χ4n) is 4.48. The van der Waals surface area contributed by atoms with Gasteiger partial charge in [-0.05, 0) is 30.4 Å². The second kappa shape index (κ2) is 7.26. The molecule has 1 aromatic carbocycles. The Hall–Kier alpha value is -2.89. The minimum absolute atomic E-state index is 0.0530. The van der Waals surface area contributed by atoms with Gasteiger partial charge in [0.25, 0.3) is 5.91 Å². The molecule has 2 heterocycles. The van der Waals surface area contributed by atoms with Crippen molar-refractivity contribution < 1.29 is 19.1 Å². The lowest BCUT2D eigenvalue weighted by molar-refractivity contribution is -0.137. The van der Waals surface area contributed by atoms with E-state index in [9.17, 15) is 14.4 Å². The van der Waals surface area contributed by atoms with E-state index in [4.69, 9.17) is 4.74 Å². The number of fused-ring (bicyclic) bond motifs is 2. The molecule has 1 N–H and O–H groups in total. The van der Waals surface area contributed by atoms with E-state index in [1.807, 2.05) is 29.2 Å². The number of amides is 1. The molecule has 1 amide bonds. The number of carbonyl (C=O) groups excluding carboxylic acids is 3. The van der Waals surface area contributed by atoms with E-state index in [-0.39, 0.29) is 17.3 Å². The van der Waals surface area contributed by atoms with Gasteiger partial charge in [0.05, 0.1) is 12.7 Å². The van der Waals surface area contributed by atoms with Crippen molar-refractivity contribution in [3.63, 3.8) is 0 Å². The first-order valence-electron chi connectivity index (χ1n) is 9.80. The molecule has 0 aromatic heterocycles. The van der Waals surface area contributed by atoms with Gasteiger partial charge in [-0.1, -0.05) is 31.2 Å². The van der Waals surface area contributed by atoms with Gasteiger partial charge in [-0.2, -0.15) is 0 Å². The first-order valence-corrected chi connectivity index (χ1v) is 9.80. The van der Waals surface area contributed by atoms with E-state index in [0.29, 0.717) is 30.8 Å². The number of ketones is 1. The third kappa shape index (κ3) is 2.84. The van der Waals surface area contributed by atoms with Crippen molar-refractivity contribution in [1.82, 2.24) is 10.2 Å². The number of methoxy groups -OCH3 is 1. The standard InChI is InChI=1S/C22H24N2O4/c1-3-13-7-9-14(10-8-13)17-18-15(5-4-6-16(18)25)24-12-11-23-21(26)20(24)19(17)22(27)28-2/h7-10,17H,3-6,11-12H2,1-2H3,(H,23,26). The summed E-state index contributed by atoms with van der Waals surface area (Å²) in [6.07, 6.45) is 2.86. The van der Waals surface area contributed by atoms with E-state index in [2.05, 4.69) is 12.2 Å². The van der Waals surface area contributed by atoms with Crippen LogP contribution in [0.1, 0.15) is 43.2 Å². The number of Topliss-reactive ketones (excluding diaryl/α,β-unsaturated/α-hetero) is 1. The zero-order valence-electron chi connectivity index (χ0n) is 16.2. The topological polar surface area (TPSA) is 75.7 Å². The molecule has 28 heavy (non-hydrogen) atoms. The van der Waals surface area contributed by atoms with E-state index < -0.39 is 11.9 Å². The molecule has 1 atom stereocenters. The van der Waals surface area contributed by atoms with Crippen LogP contribution in [0, 0.1) is 0 Å². The Balaban J connectivity index is 1.97. The molecule has 3 aliphatic rings. The maximum Gasteiger partial charge on any atom is 0.337 e. The van der Waals surface area contributed by atoms with Gasteiger partial charge in [-0.3, -0.25) is 9.59 Å². The maximum absolute atomic E-state index is 13.0. The Morgan fingerprint density at radius 3 is 2.64 bits per heavy atom. The third-order valence-electron chi connectivity index (χ3n) is 5.82. The molecular formula is C22H24N2O4. The van der Waals surface area contributed by atoms with Crippen molar-refractivity contribution in [2.75, 3.05) is 20.2 Å². The smallest absolute Gasteiger partial charge is 0.337 e. The highest BCUT2D eigenvalue weighted by atomic mass is 16.5. The monoisotopic (exact) mass is 380 g/mol. The summed E-state index contributed by atoms with van der Waals surface area (Å²) in [5, 5.41) is 2.83. The largest absolute Gasteiger partial charge is 0.466 e. The molecule has 0 radical (unpaired) electrons. The van der Waals surface area contributed by atoms with Crippen LogP contribution >= 0.6 is 0 Å². The first-order chi connectivity index (χ1) is 13.6. The van der Waals surface area contributed by atoms with Crippen LogP contribution in [0.4, 0.5) is 0 Å². The fraction of sp³-hybridized carbons (Fsp3) is 0.409. The van der Waals surface area contributed by atoms with Gasteiger partial charge < -0.3 is 15.0 Å². The molecule has 1 unspecified atom stereocenters. The maximum atomic E-state index is 13.0. The predicted molar refractivity (Wildman–Crippen MR) is 103 cm³/mol. The van der Waals surface area contributed by atoms with Crippen LogP contribution in [-0.4, -0.2) is 42.8 Å². The lowest BCUT2D eigenvalue weighted by Crippen LogP contribution is -2.50. The van der Waals surface area contributed by atoms with Gasteiger partial charge in [0.2, 0.25) is 0 Å². The molecule has 1 aliphatic carbocycles. The zero-order valence-corrected chi connectivity index (χ0v) is 16.2. The average molecular weight is 380 g/mol. The molecule has 0 spiro atoms. The van der Waals surface area contributed by atoms with Crippen LogP contribution in [0.5, 0.6) is 0 Å². The van der Waals surface area contributed by atoms with Crippen molar-refractivity contribution in [2.45, 2.75) is 38.5 Å². The van der Waals surface area contributed by atoms with Crippen LogP contribution in [0.25, 0.3) is 0 Å². The Morgan fingerprint density at radius 2 is 1.96 bits per heavy atom. The number of rotatable bonds is 3. The van der Waals surface area contributed by atoms with Crippen molar-refractivity contribution in [3.05, 3.63) is 57.9 Å². The Labute approximate surface area is 164 Å². The van der Waals surface area contributed by atoms with Gasteiger partial charge in [0.1, 0.15) is 5.70 Å². The Kier molecular flexibility index (Phi) is 4.79. The normalized spacial score (nSPS) is 21.9. The summed E-state index contributed by atoms with van der Waals surface area (Å²) in [5.74, 6) is -1.37. The highest BCUT2D eigenvalue weighted by Crippen LogP contribution is 2.46. The number of benzene rings is 1. The van der Waals surface area contributed by atoms with Crippen LogP contribution < -0.4 is 5.32 Å². The number of hydrogen-bond acceptors (Lipinski definition) is 5. The van der Waals surface area contributed by atoms with Gasteiger partial charge in [-0.25, -0.2) is 4.79 Å². The second-order valence-electron chi connectivity index (χ2n) is 7.33. The molecule has 1 fully saturated rings. The number of esters is 1. The van der Waals surface area contributed by atoms with E-state index in [1.54, 1.807) is 0 Å². The quantitative estimate of drug-likeness (QED) is 0.814. The molecule has 1 saturated heterocycles. The molecule has 2 aliphatic heterocycles. The van der Waals surface area contributed by atoms with E-state index in [1.165, 1.54) is 12.7 Å². The number of nitrogens with one attached hydrogen (secondary N) is 1. The first kappa shape index (κ1) is 18.5. The molecule has 0 saturated carbocycles. The number of nitrogens with zero attached hydrogens (tertiary/aromatic N) is 1. The second-order valence-corrected chi connectivity index (χ2v) is 7.33. The van der Waals surface area contributed by atoms with Crippen molar-refractivity contribution in [3.8, 4) is 0 Å². The highest BCUT2D eigenvalue weighted by molar-refractivity contribution is 6.09. The summed E-state index contributed by atoms with van der Waals surface area (Å²) in [4.78, 5) is 40.5. The molecule has 1 aromatic rings. The average Bonchev–Trinajstić information content (AvgIpc) is 2.73. The van der Waals surface area contributed by atoms with Crippen molar-refractivity contribution >= 4 is 17.7 Å². The Morgan fingerprint density at radius 1 is 1.21 bits per heavy atom. The van der Waals surface area contributed by atoms with Crippen LogP contribution in [0.3, 0.4) is 0 Å². The lowest BCUT2D eigenvalue weighted by atomic mass is 9.74. The summed E-state index contributed by atoms with van der Waals surface area (Å²) in [5.41, 5.74) is 4.14. The van der Waals surface area contributed by atoms with Crippen molar-refractivity contribution in [1.29, 1.82) is 0 Å². The molecule has 6 heteroatoms. The SMILES string of the molecule is CCc1ccc(C2C3=C(CCCC3=O)N3CCNC(=O)C3=C2C(=O)OC)cc1. The highest BCUT2D eigenvalue weighted by Gasteiger charge is 2.45. The summed E-state index contributed by atoms with van der Waals surface area (Å²) in [6, 6.07) is 7.93. The number of aryl methyl sites for hydroxylation is 1. The molecule has 4 rings (SSSR count). The van der Waals surface area contributed by atoms with Crippen LogP contribution in [0.15, 0.2) is 46.8 Å². The van der Waals surface area contributed by atoms with Crippen LogP contribution in [0.2, 0.25) is 0 Å². The van der Waals surface area contributed by atoms with Gasteiger partial charge in [0, 0.05) is 36.7 Å². The lowest BCUT2D eigenvalue weighted by Gasteiger charge is -2.43. The summed E-state index contributed by atoms with van der Waals surface area (Å²) in [6.45, 7) is 3.11. The third-order valence-corrected chi connectivity index (χ3v) is 5.82. The summed E-state index contributed by atoms with van der Waals surface area (Å²) >= 11 is 0. The molecule has 146 valence electrons. The van der Waals surface area contributed by atoms with E-state index in [0.717, 1.165) is 30.5 Å². The van der Waals surface area contributed by atoms with Crippen LogP contribution in [-0.2, 0) is 25.5 Å². The summed E-state index contributed by atoms with van der Waals surface area (Å²) in [7, 11) is 1.31. The number of hydrogen-bond donors (Lipinski definition) is 1. The predicted octanol–water partition coefficient (Wildman–Crippen LogP) is 2.21. The fourth-order valence-corrected chi connectivity index (χ4v) is 4.48. The Bertz CT molecular complexity index is 911. The van der Waals surface area contributed by atoms with Gasteiger partial charge in [-0.15, -0.1) is 0 Å². The summed E-state index contributed by atoms with van der Waals surface area (Å²) < 4.78 is 5.06.